The molecule has 4 nitrogen and oxygen atoms in total. The number of hydrogen-bond donors (Lipinski definition) is 1. The molecule has 0 atom stereocenters. The van der Waals surface area contributed by atoms with Gasteiger partial charge in [0, 0.05) is 34.1 Å². The van der Waals surface area contributed by atoms with Gasteiger partial charge in [-0.15, -0.1) is 0 Å². The van der Waals surface area contributed by atoms with Crippen molar-refractivity contribution in [3.8, 4) is 0 Å². The van der Waals surface area contributed by atoms with Crippen molar-refractivity contribution in [2.24, 2.45) is 0 Å². The van der Waals surface area contributed by atoms with E-state index in [4.69, 9.17) is 0 Å². The predicted octanol–water partition coefficient (Wildman–Crippen LogP) is 3.41. The number of halogens is 4. The Bertz CT molecular complexity index is 614. The molecule has 19 heavy (non-hydrogen) atoms. The van der Waals surface area contributed by atoms with Gasteiger partial charge in [0.15, 0.2) is 0 Å². The Labute approximate surface area is 123 Å². The lowest BCUT2D eigenvalue weighted by atomic mass is 10.1. The van der Waals surface area contributed by atoms with Crippen molar-refractivity contribution in [1.29, 1.82) is 0 Å². The zero-order valence-electron chi connectivity index (χ0n) is 9.03. The average Bonchev–Trinajstić information content (AvgIpc) is 2.73. The molecule has 1 aromatic carbocycles. The Morgan fingerprint density at radius 3 is 2.58 bits per heavy atom. The van der Waals surface area contributed by atoms with Crippen LogP contribution < -0.4 is 5.32 Å². The predicted molar refractivity (Wildman–Crippen MR) is 72.0 cm³/mol. The Morgan fingerprint density at radius 1 is 1.32 bits per heavy atom. The van der Waals surface area contributed by atoms with E-state index in [1.807, 2.05) is 22.6 Å². The number of rotatable bonds is 2. The molecule has 9 heteroatoms. The third-order valence-electron chi connectivity index (χ3n) is 2.10. The van der Waals surface area contributed by atoms with E-state index < -0.39 is 23.2 Å². The van der Waals surface area contributed by atoms with Crippen LogP contribution in [-0.2, 0) is 6.18 Å². The Morgan fingerprint density at radius 2 is 2.00 bits per heavy atom. The minimum absolute atomic E-state index is 0.159. The lowest BCUT2D eigenvalue weighted by Crippen LogP contribution is -2.18. The molecule has 0 radical (unpaired) electrons. The van der Waals surface area contributed by atoms with Crippen molar-refractivity contribution in [2.75, 3.05) is 5.32 Å². The number of amides is 1. The summed E-state index contributed by atoms with van der Waals surface area (Å²) in [5, 5.41) is 2.45. The highest BCUT2D eigenvalue weighted by Crippen LogP contribution is 2.32. The summed E-state index contributed by atoms with van der Waals surface area (Å²) in [6, 6.07) is 4.57. The van der Waals surface area contributed by atoms with Crippen LogP contribution in [0.5, 0.6) is 0 Å². The van der Waals surface area contributed by atoms with Gasteiger partial charge in [0.2, 0.25) is 8.96 Å². The molecule has 0 aliphatic carbocycles. The molecule has 1 heterocycles. The van der Waals surface area contributed by atoms with Crippen LogP contribution in [0.4, 0.5) is 18.3 Å². The van der Waals surface area contributed by atoms with E-state index in [2.05, 4.69) is 14.7 Å². The van der Waals surface area contributed by atoms with Crippen molar-refractivity contribution >= 4 is 45.2 Å². The van der Waals surface area contributed by atoms with Gasteiger partial charge in [-0.1, -0.05) is 12.1 Å². The van der Waals surface area contributed by atoms with Crippen LogP contribution in [0.3, 0.4) is 0 Å². The van der Waals surface area contributed by atoms with Gasteiger partial charge in [0.1, 0.15) is 0 Å². The maximum Gasteiger partial charge on any atom is 0.417 e. The fourth-order valence-electron chi connectivity index (χ4n) is 1.35. The van der Waals surface area contributed by atoms with Gasteiger partial charge in [0.25, 0.3) is 5.91 Å². The number of nitrogens with zero attached hydrogens (tertiary/aromatic N) is 2. The van der Waals surface area contributed by atoms with Crippen LogP contribution in [0, 0.1) is 3.83 Å². The average molecular weight is 399 g/mol. The van der Waals surface area contributed by atoms with E-state index in [1.54, 1.807) is 0 Å². The van der Waals surface area contributed by atoms with Crippen molar-refractivity contribution in [1.82, 2.24) is 9.36 Å². The summed E-state index contributed by atoms with van der Waals surface area (Å²) in [6.45, 7) is 0. The molecule has 0 aliphatic heterocycles. The first kappa shape index (κ1) is 14.2. The largest absolute Gasteiger partial charge is 0.417 e. The van der Waals surface area contributed by atoms with E-state index in [9.17, 15) is 18.0 Å². The minimum Gasteiger partial charge on any atom is -0.297 e. The summed E-state index contributed by atoms with van der Waals surface area (Å²) in [4.78, 5) is 15.7. The Balaban J connectivity index is 2.29. The summed E-state index contributed by atoms with van der Waals surface area (Å²) in [5.74, 6) is -0.861. The second-order valence-corrected chi connectivity index (χ2v) is 5.08. The molecular formula is C10H5F3IN3OS. The van der Waals surface area contributed by atoms with Gasteiger partial charge < -0.3 is 0 Å². The first-order valence-electron chi connectivity index (χ1n) is 4.84. The molecule has 100 valence electrons. The minimum atomic E-state index is -4.58. The molecule has 2 aromatic rings. The number of carbonyl (C=O) groups excluding carboxylic acids is 1. The van der Waals surface area contributed by atoms with Gasteiger partial charge in [-0.25, -0.2) is 0 Å². The second kappa shape index (κ2) is 5.41. The summed E-state index contributed by atoms with van der Waals surface area (Å²) >= 11 is 2.74. The zero-order valence-corrected chi connectivity index (χ0v) is 12.0. The highest BCUT2D eigenvalue weighted by molar-refractivity contribution is 14.1. The normalized spacial score (nSPS) is 11.4. The fraction of sp³-hybridized carbons (Fsp3) is 0.100. The lowest BCUT2D eigenvalue weighted by molar-refractivity contribution is -0.137. The monoisotopic (exact) mass is 399 g/mol. The zero-order chi connectivity index (χ0) is 14.0. The van der Waals surface area contributed by atoms with E-state index in [1.165, 1.54) is 12.1 Å². The van der Waals surface area contributed by atoms with Crippen LogP contribution in [0.1, 0.15) is 15.9 Å². The smallest absolute Gasteiger partial charge is 0.297 e. The molecule has 1 amide bonds. The third kappa shape index (κ3) is 3.41. The first-order valence-corrected chi connectivity index (χ1v) is 6.70. The molecule has 0 saturated heterocycles. The quantitative estimate of drug-likeness (QED) is 0.788. The molecule has 0 unspecified atom stereocenters. The summed E-state index contributed by atoms with van der Waals surface area (Å²) < 4.78 is 42.5. The Hall–Kier alpha value is -1.23. The number of alkyl halides is 3. The van der Waals surface area contributed by atoms with Crippen molar-refractivity contribution < 1.29 is 18.0 Å². The molecule has 0 spiro atoms. The molecular weight excluding hydrogens is 394 g/mol. The van der Waals surface area contributed by atoms with Crippen LogP contribution >= 0.6 is 34.1 Å². The van der Waals surface area contributed by atoms with Crippen molar-refractivity contribution in [2.45, 2.75) is 6.18 Å². The molecule has 0 saturated carbocycles. The van der Waals surface area contributed by atoms with Crippen LogP contribution in [0.15, 0.2) is 24.3 Å². The maximum atomic E-state index is 12.7. The first-order chi connectivity index (χ1) is 8.88. The second-order valence-electron chi connectivity index (χ2n) is 3.37. The molecule has 0 aliphatic rings. The third-order valence-corrected chi connectivity index (χ3v) is 3.54. The van der Waals surface area contributed by atoms with E-state index in [0.717, 1.165) is 23.7 Å². The van der Waals surface area contributed by atoms with E-state index in [-0.39, 0.29) is 5.13 Å². The molecule has 2 rings (SSSR count). The van der Waals surface area contributed by atoms with E-state index >= 15 is 0 Å². The van der Waals surface area contributed by atoms with Crippen LogP contribution in [0.25, 0.3) is 0 Å². The molecule has 0 fully saturated rings. The standard InChI is InChI=1S/C10H5F3IN3OS/c11-10(12,13)6-4-2-1-3-5(6)7(18)15-9-16-8(14)17-19-9/h1-4H,(H,15,16,17,18). The highest BCUT2D eigenvalue weighted by atomic mass is 127. The SMILES string of the molecule is O=C(Nc1nc(I)ns1)c1ccccc1C(F)(F)F. The topological polar surface area (TPSA) is 54.9 Å². The van der Waals surface area contributed by atoms with Crippen molar-refractivity contribution in [3.05, 3.63) is 39.2 Å². The fourth-order valence-corrected chi connectivity index (χ4v) is 2.52. The van der Waals surface area contributed by atoms with Gasteiger partial charge in [0.05, 0.1) is 11.1 Å². The van der Waals surface area contributed by atoms with Crippen LogP contribution in [-0.4, -0.2) is 15.3 Å². The van der Waals surface area contributed by atoms with Gasteiger partial charge >= 0.3 is 6.18 Å². The summed E-state index contributed by atoms with van der Waals surface area (Å²) in [6.07, 6.45) is -4.58. The Kier molecular flexibility index (Phi) is 4.04. The number of hydrogen-bond acceptors (Lipinski definition) is 4. The molecule has 0 bridgehead atoms. The number of anilines is 1. The van der Waals surface area contributed by atoms with Crippen LogP contribution in [0.2, 0.25) is 0 Å². The number of aromatic nitrogens is 2. The molecule has 1 aromatic heterocycles. The number of nitrogens with one attached hydrogen (secondary N) is 1. The van der Waals surface area contributed by atoms with Crippen molar-refractivity contribution in [3.63, 3.8) is 0 Å². The van der Waals surface area contributed by atoms with Gasteiger partial charge in [-0.05, 0) is 12.1 Å². The highest BCUT2D eigenvalue weighted by Gasteiger charge is 2.34. The summed E-state index contributed by atoms with van der Waals surface area (Å²) in [7, 11) is 0. The number of benzene rings is 1. The maximum absolute atomic E-state index is 12.7. The summed E-state index contributed by atoms with van der Waals surface area (Å²) in [5.41, 5.74) is -1.42. The number of carbonyl (C=O) groups is 1. The van der Waals surface area contributed by atoms with Gasteiger partial charge in [-0.2, -0.15) is 22.5 Å². The lowest BCUT2D eigenvalue weighted by Gasteiger charge is -2.11. The van der Waals surface area contributed by atoms with Gasteiger partial charge in [-0.3, -0.25) is 10.1 Å². The van der Waals surface area contributed by atoms with E-state index in [0.29, 0.717) is 3.83 Å². The molecule has 1 N–H and O–H groups in total.